The molecule has 4 N–H and O–H groups in total. The van der Waals surface area contributed by atoms with E-state index in [9.17, 15) is 28.8 Å². The van der Waals surface area contributed by atoms with Gasteiger partial charge in [-0.2, -0.15) is 0 Å². The highest BCUT2D eigenvalue weighted by molar-refractivity contribution is 6.13. The molecule has 5 amide bonds. The predicted octanol–water partition coefficient (Wildman–Crippen LogP) is -1.72. The Labute approximate surface area is 304 Å². The Balaban J connectivity index is 1.76. The number of carbonyl (C=O) groups excluding carboxylic acids is 5. The van der Waals surface area contributed by atoms with Gasteiger partial charge in [0, 0.05) is 38.1 Å². The summed E-state index contributed by atoms with van der Waals surface area (Å²) in [6.07, 6.45) is 2.46. The second kappa shape index (κ2) is 31.0. The molecule has 0 bridgehead atoms. The number of nitrogens with zero attached hydrogens (tertiary/aromatic N) is 1. The van der Waals surface area contributed by atoms with Gasteiger partial charge in [-0.3, -0.25) is 33.7 Å². The lowest BCUT2D eigenvalue weighted by Crippen LogP contribution is -2.50. The third kappa shape index (κ3) is 25.4. The molecule has 1 unspecified atom stereocenters. The molecule has 0 aliphatic carbocycles. The number of hydrogen-bond donors (Lipinski definition) is 4. The number of carboxylic acid groups (broad SMARTS) is 1. The molecule has 1 rings (SSSR count). The van der Waals surface area contributed by atoms with E-state index < -0.39 is 36.3 Å². The van der Waals surface area contributed by atoms with Crippen LogP contribution in [-0.4, -0.2) is 177 Å². The minimum atomic E-state index is -1.16. The van der Waals surface area contributed by atoms with Gasteiger partial charge >= 0.3 is 5.97 Å². The molecule has 0 aromatic heterocycles. The molecule has 298 valence electrons. The third-order valence-electron chi connectivity index (χ3n) is 6.79. The first-order valence-electron chi connectivity index (χ1n) is 17.3. The maximum Gasteiger partial charge on any atom is 0.322 e. The van der Waals surface area contributed by atoms with Gasteiger partial charge in [-0.25, -0.2) is 0 Å². The summed E-state index contributed by atoms with van der Waals surface area (Å²) in [5.74, 6) is -3.38. The highest BCUT2D eigenvalue weighted by Crippen LogP contribution is 2.04. The lowest BCUT2D eigenvalue weighted by atomic mass is 10.0. The van der Waals surface area contributed by atoms with E-state index in [1.165, 1.54) is 12.2 Å². The summed E-state index contributed by atoms with van der Waals surface area (Å²) in [5.41, 5.74) is 0. The first kappa shape index (κ1) is 46.5. The van der Waals surface area contributed by atoms with E-state index in [0.29, 0.717) is 106 Å². The van der Waals surface area contributed by atoms with Crippen molar-refractivity contribution in [3.05, 3.63) is 12.2 Å². The first-order valence-corrected chi connectivity index (χ1v) is 17.3. The number of carbonyl (C=O) groups is 6. The SMILES string of the molecule is CC(C)C(NC(=O)CCOCCOCCOCCOCCOCCOCCOCCOCCNC(=O)CCN1C(=O)C=CC1=O)C(=O)NCC(=O)O. The lowest BCUT2D eigenvalue weighted by Gasteiger charge is -2.21. The van der Waals surface area contributed by atoms with Gasteiger partial charge in [0.2, 0.25) is 17.7 Å². The quantitative estimate of drug-likeness (QED) is 0.0417. The summed E-state index contributed by atoms with van der Waals surface area (Å²) < 4.78 is 43.4. The van der Waals surface area contributed by atoms with Crippen molar-refractivity contribution < 1.29 is 71.8 Å². The topological polar surface area (TPSA) is 236 Å². The average molecular weight is 749 g/mol. The number of aliphatic carboxylic acids is 1. The summed E-state index contributed by atoms with van der Waals surface area (Å²) in [7, 11) is 0. The minimum absolute atomic E-state index is 0.0391. The van der Waals surface area contributed by atoms with Gasteiger partial charge < -0.3 is 59.0 Å². The lowest BCUT2D eigenvalue weighted by molar-refractivity contribution is -0.139. The van der Waals surface area contributed by atoms with Crippen molar-refractivity contribution >= 4 is 35.5 Å². The van der Waals surface area contributed by atoms with E-state index in [1.54, 1.807) is 13.8 Å². The van der Waals surface area contributed by atoms with Gasteiger partial charge in [0.1, 0.15) is 12.6 Å². The Morgan fingerprint density at radius 1 is 0.596 bits per heavy atom. The van der Waals surface area contributed by atoms with Crippen molar-refractivity contribution in [1.82, 2.24) is 20.9 Å². The van der Waals surface area contributed by atoms with Crippen LogP contribution in [-0.2, 0) is 66.7 Å². The van der Waals surface area contributed by atoms with Gasteiger partial charge in [-0.15, -0.1) is 0 Å². The Kier molecular flexibility index (Phi) is 27.7. The third-order valence-corrected chi connectivity index (χ3v) is 6.79. The second-order valence-corrected chi connectivity index (χ2v) is 11.3. The molecule has 52 heavy (non-hydrogen) atoms. The van der Waals surface area contributed by atoms with Crippen LogP contribution in [0.5, 0.6) is 0 Å². The smallest absolute Gasteiger partial charge is 0.322 e. The van der Waals surface area contributed by atoms with Crippen LogP contribution in [0, 0.1) is 5.92 Å². The highest BCUT2D eigenvalue weighted by Gasteiger charge is 2.25. The molecule has 0 aromatic rings. The summed E-state index contributed by atoms with van der Waals surface area (Å²) in [6.45, 7) is 9.34. The van der Waals surface area contributed by atoms with Gasteiger partial charge in [-0.05, 0) is 5.92 Å². The van der Waals surface area contributed by atoms with Crippen molar-refractivity contribution in [2.45, 2.75) is 32.7 Å². The molecule has 0 aromatic carbocycles. The zero-order valence-corrected chi connectivity index (χ0v) is 30.3. The molecule has 1 aliphatic rings. The van der Waals surface area contributed by atoms with Crippen LogP contribution < -0.4 is 16.0 Å². The number of hydrogen-bond acceptors (Lipinski definition) is 14. The fourth-order valence-corrected chi connectivity index (χ4v) is 4.08. The number of nitrogens with one attached hydrogen (secondary N) is 3. The number of rotatable bonds is 35. The fraction of sp³-hybridized carbons (Fsp3) is 0.758. The summed E-state index contributed by atoms with van der Waals surface area (Å²) >= 11 is 0. The van der Waals surface area contributed by atoms with Crippen molar-refractivity contribution in [3.8, 4) is 0 Å². The molecule has 1 atom stereocenters. The van der Waals surface area contributed by atoms with Crippen LogP contribution in [0.15, 0.2) is 12.2 Å². The monoisotopic (exact) mass is 748 g/mol. The van der Waals surface area contributed by atoms with Gasteiger partial charge in [0.15, 0.2) is 0 Å². The van der Waals surface area contributed by atoms with Gasteiger partial charge in [-0.1, -0.05) is 13.8 Å². The van der Waals surface area contributed by atoms with E-state index in [0.717, 1.165) is 4.90 Å². The van der Waals surface area contributed by atoms with Crippen LogP contribution in [0.4, 0.5) is 0 Å². The van der Waals surface area contributed by atoms with Crippen molar-refractivity contribution in [3.63, 3.8) is 0 Å². The Bertz CT molecular complexity index is 1060. The molecule has 0 fully saturated rings. The Morgan fingerprint density at radius 2 is 1.00 bits per heavy atom. The van der Waals surface area contributed by atoms with E-state index in [2.05, 4.69) is 16.0 Å². The van der Waals surface area contributed by atoms with Crippen LogP contribution in [0.1, 0.15) is 26.7 Å². The largest absolute Gasteiger partial charge is 0.480 e. The maximum atomic E-state index is 12.1. The van der Waals surface area contributed by atoms with Crippen LogP contribution in [0.3, 0.4) is 0 Å². The van der Waals surface area contributed by atoms with E-state index in [4.69, 9.17) is 43.0 Å². The summed E-state index contributed by atoms with van der Waals surface area (Å²) in [6, 6.07) is -0.831. The van der Waals surface area contributed by atoms with Gasteiger partial charge in [0.25, 0.3) is 11.8 Å². The van der Waals surface area contributed by atoms with Crippen LogP contribution >= 0.6 is 0 Å². The number of imide groups is 1. The van der Waals surface area contributed by atoms with Crippen molar-refractivity contribution in [2.24, 2.45) is 5.92 Å². The van der Waals surface area contributed by atoms with E-state index in [-0.39, 0.29) is 43.7 Å². The zero-order valence-electron chi connectivity index (χ0n) is 30.3. The number of ether oxygens (including phenoxy) is 8. The highest BCUT2D eigenvalue weighted by atomic mass is 16.6. The van der Waals surface area contributed by atoms with Crippen molar-refractivity contribution in [1.29, 1.82) is 0 Å². The molecular weight excluding hydrogens is 692 g/mol. The van der Waals surface area contributed by atoms with Crippen LogP contribution in [0.25, 0.3) is 0 Å². The summed E-state index contributed by atoms with van der Waals surface area (Å²) in [5, 5.41) is 16.2. The van der Waals surface area contributed by atoms with Gasteiger partial charge in [0.05, 0.1) is 106 Å². The van der Waals surface area contributed by atoms with Crippen molar-refractivity contribution in [2.75, 3.05) is 125 Å². The molecule has 19 nitrogen and oxygen atoms in total. The average Bonchev–Trinajstić information content (AvgIpc) is 3.43. The maximum absolute atomic E-state index is 12.1. The standard InChI is InChI=1S/C33H56N4O15/c1-26(2)32(33(44)35-25-31(42)43)36-28(39)6-9-45-11-13-47-15-17-49-19-21-51-23-24-52-22-20-50-18-16-48-14-12-46-10-7-34-27(38)5-8-37-29(40)3-4-30(37)41/h3-4,26,32H,5-25H2,1-2H3,(H,34,38)(H,35,44)(H,36,39)(H,42,43). The zero-order chi connectivity index (χ0) is 38.2. The molecule has 0 spiro atoms. The number of amides is 5. The molecule has 19 heteroatoms. The van der Waals surface area contributed by atoms with E-state index in [1.807, 2.05) is 0 Å². The minimum Gasteiger partial charge on any atom is -0.480 e. The summed E-state index contributed by atoms with van der Waals surface area (Å²) in [4.78, 5) is 70.5. The molecule has 1 aliphatic heterocycles. The fourth-order valence-electron chi connectivity index (χ4n) is 4.08. The number of carboxylic acids is 1. The molecular formula is C33H56N4O15. The van der Waals surface area contributed by atoms with Crippen LogP contribution in [0.2, 0.25) is 0 Å². The van der Waals surface area contributed by atoms with E-state index >= 15 is 0 Å². The molecule has 0 saturated heterocycles. The molecule has 1 heterocycles. The normalized spacial score (nSPS) is 13.2. The molecule has 0 saturated carbocycles. The molecule has 0 radical (unpaired) electrons. The first-order chi connectivity index (χ1) is 25.1. The predicted molar refractivity (Wildman–Crippen MR) is 182 cm³/mol. The second-order valence-electron chi connectivity index (χ2n) is 11.3. The Hall–Kier alpha value is -3.56. The Morgan fingerprint density at radius 3 is 1.40 bits per heavy atom.